The molecular formula is C23H27ClN2. The van der Waals surface area contributed by atoms with Crippen molar-refractivity contribution in [1.82, 2.24) is 9.88 Å². The third-order valence-corrected chi connectivity index (χ3v) is 5.76. The summed E-state index contributed by atoms with van der Waals surface area (Å²) >= 11 is 5.94. The van der Waals surface area contributed by atoms with E-state index >= 15 is 0 Å². The van der Waals surface area contributed by atoms with Crippen molar-refractivity contribution in [3.63, 3.8) is 0 Å². The molecule has 1 aliphatic rings. The van der Waals surface area contributed by atoms with Crippen molar-refractivity contribution in [2.24, 2.45) is 0 Å². The van der Waals surface area contributed by atoms with Gasteiger partial charge in [-0.3, -0.25) is 0 Å². The van der Waals surface area contributed by atoms with Crippen LogP contribution in [0.4, 0.5) is 0 Å². The second kappa shape index (κ2) is 7.85. The summed E-state index contributed by atoms with van der Waals surface area (Å²) in [5.74, 6) is 0. The Bertz CT molecular complexity index is 893. The van der Waals surface area contributed by atoms with Gasteiger partial charge in [0.05, 0.1) is 0 Å². The Labute approximate surface area is 161 Å². The molecule has 0 amide bonds. The molecule has 2 aromatic carbocycles. The van der Waals surface area contributed by atoms with E-state index in [-0.39, 0.29) is 0 Å². The van der Waals surface area contributed by atoms with Crippen LogP contribution in [0.3, 0.4) is 0 Å². The first kappa shape index (κ1) is 17.6. The molecule has 1 aromatic heterocycles. The zero-order valence-corrected chi connectivity index (χ0v) is 16.3. The lowest BCUT2D eigenvalue weighted by Crippen LogP contribution is -2.17. The molecule has 1 N–H and O–H groups in total. The number of nitrogens with one attached hydrogen (secondary N) is 1. The van der Waals surface area contributed by atoms with Gasteiger partial charge >= 0.3 is 0 Å². The summed E-state index contributed by atoms with van der Waals surface area (Å²) in [4.78, 5) is 0. The number of rotatable bonds is 6. The largest absolute Gasteiger partial charge is 0.344 e. The first-order valence-electron chi connectivity index (χ1n) is 9.78. The summed E-state index contributed by atoms with van der Waals surface area (Å²) in [5.41, 5.74) is 7.29. The lowest BCUT2D eigenvalue weighted by molar-refractivity contribution is 0.561. The van der Waals surface area contributed by atoms with E-state index in [9.17, 15) is 0 Å². The van der Waals surface area contributed by atoms with Crippen molar-refractivity contribution in [3.8, 4) is 0 Å². The van der Waals surface area contributed by atoms with Crippen LogP contribution in [-0.2, 0) is 25.9 Å². The van der Waals surface area contributed by atoms with Crippen molar-refractivity contribution < 1.29 is 0 Å². The second-order valence-electron chi connectivity index (χ2n) is 7.46. The quantitative estimate of drug-likeness (QED) is 0.557. The monoisotopic (exact) mass is 366 g/mol. The Morgan fingerprint density at radius 3 is 2.69 bits per heavy atom. The van der Waals surface area contributed by atoms with Crippen LogP contribution in [0.1, 0.15) is 41.6 Å². The first-order valence-corrected chi connectivity index (χ1v) is 10.2. The Hall–Kier alpha value is -1.77. The molecule has 3 aromatic rings. The van der Waals surface area contributed by atoms with E-state index in [1.54, 1.807) is 11.3 Å². The highest BCUT2D eigenvalue weighted by Crippen LogP contribution is 2.32. The topological polar surface area (TPSA) is 17.0 Å². The van der Waals surface area contributed by atoms with Gasteiger partial charge in [0.2, 0.25) is 0 Å². The molecule has 1 aliphatic carbocycles. The number of aryl methyl sites for hydroxylation is 3. The van der Waals surface area contributed by atoms with Crippen LogP contribution in [0.15, 0.2) is 42.5 Å². The second-order valence-corrected chi connectivity index (χ2v) is 7.90. The molecule has 2 nitrogen and oxygen atoms in total. The van der Waals surface area contributed by atoms with Gasteiger partial charge in [0.1, 0.15) is 0 Å². The van der Waals surface area contributed by atoms with E-state index in [1.807, 2.05) is 12.1 Å². The summed E-state index contributed by atoms with van der Waals surface area (Å²) < 4.78 is 2.59. The van der Waals surface area contributed by atoms with Gasteiger partial charge in [0, 0.05) is 34.7 Å². The van der Waals surface area contributed by atoms with E-state index in [2.05, 4.69) is 47.1 Å². The predicted octanol–water partition coefficient (Wildman–Crippen LogP) is 5.66. The Kier molecular flexibility index (Phi) is 5.33. The standard InChI is InChI=1S/C23H27ClN2/c1-17-7-12-23-21(15-17)20-5-2-3-6-22(20)26(23)14-4-13-25-16-18-8-10-19(24)11-9-18/h7-12,15,25H,2-6,13-14,16H2,1H3. The van der Waals surface area contributed by atoms with Gasteiger partial charge in [-0.25, -0.2) is 0 Å². The van der Waals surface area contributed by atoms with Crippen LogP contribution in [0, 0.1) is 6.92 Å². The van der Waals surface area contributed by atoms with E-state index in [1.165, 1.54) is 47.7 Å². The van der Waals surface area contributed by atoms with Crippen LogP contribution in [0.2, 0.25) is 5.02 Å². The molecule has 0 spiro atoms. The Balaban J connectivity index is 1.41. The van der Waals surface area contributed by atoms with Crippen LogP contribution >= 0.6 is 11.6 Å². The van der Waals surface area contributed by atoms with Gasteiger partial charge in [0.25, 0.3) is 0 Å². The van der Waals surface area contributed by atoms with E-state index < -0.39 is 0 Å². The molecule has 136 valence electrons. The van der Waals surface area contributed by atoms with Crippen LogP contribution in [0.25, 0.3) is 10.9 Å². The van der Waals surface area contributed by atoms with Crippen LogP contribution in [-0.4, -0.2) is 11.1 Å². The molecule has 0 radical (unpaired) electrons. The molecular weight excluding hydrogens is 340 g/mol. The van der Waals surface area contributed by atoms with Crippen molar-refractivity contribution in [1.29, 1.82) is 0 Å². The molecule has 0 bridgehead atoms. The van der Waals surface area contributed by atoms with Gasteiger partial charge in [-0.15, -0.1) is 0 Å². The lowest BCUT2D eigenvalue weighted by atomic mass is 9.95. The molecule has 0 saturated carbocycles. The lowest BCUT2D eigenvalue weighted by Gasteiger charge is -2.16. The summed E-state index contributed by atoms with van der Waals surface area (Å²) in [6, 6.07) is 15.1. The number of benzene rings is 2. The molecule has 3 heteroatoms. The molecule has 0 atom stereocenters. The van der Waals surface area contributed by atoms with Crippen molar-refractivity contribution in [3.05, 3.63) is 69.9 Å². The van der Waals surface area contributed by atoms with Gasteiger partial charge in [-0.05, 0) is 81.0 Å². The minimum absolute atomic E-state index is 0.799. The van der Waals surface area contributed by atoms with Gasteiger partial charge in [-0.1, -0.05) is 35.4 Å². The van der Waals surface area contributed by atoms with E-state index in [4.69, 9.17) is 11.6 Å². The summed E-state index contributed by atoms with van der Waals surface area (Å²) in [7, 11) is 0. The van der Waals surface area contributed by atoms with Crippen molar-refractivity contribution >= 4 is 22.5 Å². The normalized spacial score (nSPS) is 13.9. The molecule has 1 heterocycles. The third kappa shape index (κ3) is 3.67. The molecule has 0 saturated heterocycles. The number of nitrogens with zero attached hydrogens (tertiary/aromatic N) is 1. The fraction of sp³-hybridized carbons (Fsp3) is 0.391. The summed E-state index contributed by atoms with van der Waals surface area (Å²) in [6.07, 6.45) is 6.30. The minimum Gasteiger partial charge on any atom is -0.344 e. The molecule has 0 aliphatic heterocycles. The van der Waals surface area contributed by atoms with Gasteiger partial charge in [0.15, 0.2) is 0 Å². The maximum Gasteiger partial charge on any atom is 0.0485 e. The zero-order valence-electron chi connectivity index (χ0n) is 15.5. The maximum atomic E-state index is 5.94. The average molecular weight is 367 g/mol. The molecule has 26 heavy (non-hydrogen) atoms. The summed E-state index contributed by atoms with van der Waals surface area (Å²) in [5, 5.41) is 5.86. The average Bonchev–Trinajstić information content (AvgIpc) is 2.96. The Morgan fingerprint density at radius 1 is 1.04 bits per heavy atom. The number of hydrogen-bond acceptors (Lipinski definition) is 1. The highest BCUT2D eigenvalue weighted by molar-refractivity contribution is 6.30. The fourth-order valence-corrected chi connectivity index (χ4v) is 4.33. The summed E-state index contributed by atoms with van der Waals surface area (Å²) in [6.45, 7) is 5.24. The van der Waals surface area contributed by atoms with Crippen LogP contribution < -0.4 is 5.32 Å². The zero-order chi connectivity index (χ0) is 17.9. The van der Waals surface area contributed by atoms with Crippen LogP contribution in [0.5, 0.6) is 0 Å². The highest BCUT2D eigenvalue weighted by atomic mass is 35.5. The maximum absolute atomic E-state index is 5.94. The minimum atomic E-state index is 0.799. The van der Waals surface area contributed by atoms with Crippen molar-refractivity contribution in [2.75, 3.05) is 6.54 Å². The van der Waals surface area contributed by atoms with Gasteiger partial charge < -0.3 is 9.88 Å². The molecule has 4 rings (SSSR count). The fourth-order valence-electron chi connectivity index (χ4n) is 4.20. The smallest absolute Gasteiger partial charge is 0.0485 e. The third-order valence-electron chi connectivity index (χ3n) is 5.51. The Morgan fingerprint density at radius 2 is 1.85 bits per heavy atom. The number of aromatic nitrogens is 1. The van der Waals surface area contributed by atoms with E-state index in [0.29, 0.717) is 0 Å². The highest BCUT2D eigenvalue weighted by Gasteiger charge is 2.19. The molecule has 0 fully saturated rings. The van der Waals surface area contributed by atoms with Crippen molar-refractivity contribution in [2.45, 2.75) is 52.1 Å². The SMILES string of the molecule is Cc1ccc2c(c1)c1c(n2CCCNCc2ccc(Cl)cc2)CCCC1. The van der Waals surface area contributed by atoms with Gasteiger partial charge in [-0.2, -0.15) is 0 Å². The number of fused-ring (bicyclic) bond motifs is 3. The predicted molar refractivity (Wildman–Crippen MR) is 111 cm³/mol. The molecule has 0 unspecified atom stereocenters. The first-order chi connectivity index (χ1) is 12.7. The number of halogens is 1. The number of hydrogen-bond donors (Lipinski definition) is 1. The van der Waals surface area contributed by atoms with E-state index in [0.717, 1.165) is 31.1 Å².